The summed E-state index contributed by atoms with van der Waals surface area (Å²) in [6.45, 7) is 4.75. The molecule has 9 heteroatoms. The van der Waals surface area contributed by atoms with E-state index in [9.17, 15) is 8.42 Å². The van der Waals surface area contributed by atoms with Crippen LogP contribution in [0.2, 0.25) is 10.0 Å². The minimum atomic E-state index is -3.65. The highest BCUT2D eigenvalue weighted by Gasteiger charge is 2.40. The highest BCUT2D eigenvalue weighted by Crippen LogP contribution is 2.41. The fraction of sp³-hybridized carbons (Fsp3) is 0.389. The van der Waals surface area contributed by atoms with E-state index < -0.39 is 16.1 Å². The number of halogens is 2. The van der Waals surface area contributed by atoms with Crippen molar-refractivity contribution in [2.24, 2.45) is 0 Å². The first-order valence-electron chi connectivity index (χ1n) is 8.78. The second-order valence-electron chi connectivity index (χ2n) is 6.92. The molecule has 4 rings (SSSR count). The number of allylic oxidation sites excluding steroid dienone is 2. The quantitative estimate of drug-likeness (QED) is 0.799. The zero-order valence-electron chi connectivity index (χ0n) is 15.0. The minimum absolute atomic E-state index is 0.304. The molecule has 0 bridgehead atoms. The average molecular weight is 427 g/mol. The lowest BCUT2D eigenvalue weighted by molar-refractivity contribution is 0.473. The van der Waals surface area contributed by atoms with Gasteiger partial charge in [-0.05, 0) is 44.4 Å². The van der Waals surface area contributed by atoms with Crippen LogP contribution in [0, 0.1) is 6.92 Å². The number of nitrogens with one attached hydrogen (secondary N) is 1. The van der Waals surface area contributed by atoms with Crippen molar-refractivity contribution >= 4 is 39.0 Å². The summed E-state index contributed by atoms with van der Waals surface area (Å²) in [6.07, 6.45) is 1.76. The van der Waals surface area contributed by atoms with Gasteiger partial charge in [0.1, 0.15) is 16.8 Å². The molecule has 1 fully saturated rings. The minimum Gasteiger partial charge on any atom is -0.343 e. The van der Waals surface area contributed by atoms with Crippen molar-refractivity contribution in [3.8, 4) is 0 Å². The van der Waals surface area contributed by atoms with E-state index in [0.29, 0.717) is 33.7 Å². The molecule has 0 spiro atoms. The third-order valence-electron chi connectivity index (χ3n) is 4.98. The molecule has 6 nitrogen and oxygen atoms in total. The van der Waals surface area contributed by atoms with Gasteiger partial charge in [0.2, 0.25) is 10.0 Å². The van der Waals surface area contributed by atoms with Crippen molar-refractivity contribution in [1.82, 2.24) is 14.1 Å². The van der Waals surface area contributed by atoms with E-state index in [-0.39, 0.29) is 0 Å². The molecular weight excluding hydrogens is 407 g/mol. The van der Waals surface area contributed by atoms with Crippen LogP contribution in [0.15, 0.2) is 34.9 Å². The van der Waals surface area contributed by atoms with Crippen molar-refractivity contribution in [2.45, 2.75) is 32.7 Å². The van der Waals surface area contributed by atoms with E-state index in [2.05, 4.69) is 10.4 Å². The second-order valence-corrected chi connectivity index (χ2v) is 9.64. The fourth-order valence-electron chi connectivity index (χ4n) is 3.75. The maximum Gasteiger partial charge on any atom is 0.243 e. The first-order valence-corrected chi connectivity index (χ1v) is 11.0. The Kier molecular flexibility index (Phi) is 4.74. The third-order valence-corrected chi connectivity index (χ3v) is 7.85. The van der Waals surface area contributed by atoms with Crippen LogP contribution in [0.5, 0.6) is 0 Å². The molecule has 27 heavy (non-hydrogen) atoms. The monoisotopic (exact) mass is 426 g/mol. The van der Waals surface area contributed by atoms with Gasteiger partial charge in [-0.25, -0.2) is 13.1 Å². The van der Waals surface area contributed by atoms with Crippen molar-refractivity contribution in [2.75, 3.05) is 18.4 Å². The van der Waals surface area contributed by atoms with Crippen molar-refractivity contribution in [3.63, 3.8) is 0 Å². The number of sulfonamides is 1. The summed E-state index contributed by atoms with van der Waals surface area (Å²) in [6, 6.07) is 6.50. The molecule has 0 saturated carbocycles. The first kappa shape index (κ1) is 18.8. The molecule has 0 amide bonds. The Hall–Kier alpha value is -1.54. The molecule has 1 saturated heterocycles. The molecule has 0 radical (unpaired) electrons. The van der Waals surface area contributed by atoms with Crippen LogP contribution >= 0.6 is 23.2 Å². The van der Waals surface area contributed by atoms with E-state index in [1.54, 1.807) is 34.1 Å². The summed E-state index contributed by atoms with van der Waals surface area (Å²) < 4.78 is 30.2. The zero-order valence-corrected chi connectivity index (χ0v) is 17.4. The predicted octanol–water partition coefficient (Wildman–Crippen LogP) is 4.17. The topological polar surface area (TPSA) is 67.2 Å². The fourth-order valence-corrected chi connectivity index (χ4v) is 6.03. The molecule has 0 aliphatic carbocycles. The van der Waals surface area contributed by atoms with Crippen LogP contribution in [0.4, 0.5) is 5.82 Å². The SMILES string of the molecule is CC1=C(S(=O)(=O)N2CCCC2)C(c2ccc(Cl)c(Cl)c2)n2nc(C)cc2N1. The Morgan fingerprint density at radius 3 is 2.48 bits per heavy atom. The summed E-state index contributed by atoms with van der Waals surface area (Å²) in [7, 11) is -3.65. The highest BCUT2D eigenvalue weighted by atomic mass is 35.5. The lowest BCUT2D eigenvalue weighted by Crippen LogP contribution is -2.36. The van der Waals surface area contributed by atoms with E-state index in [4.69, 9.17) is 23.2 Å². The van der Waals surface area contributed by atoms with Gasteiger partial charge in [-0.1, -0.05) is 29.3 Å². The number of rotatable bonds is 3. The highest BCUT2D eigenvalue weighted by molar-refractivity contribution is 7.93. The van der Waals surface area contributed by atoms with Crippen LogP contribution in [0.1, 0.15) is 37.1 Å². The number of hydrogen-bond acceptors (Lipinski definition) is 4. The maximum absolute atomic E-state index is 13.5. The summed E-state index contributed by atoms with van der Waals surface area (Å²) in [5.74, 6) is 0.751. The first-order chi connectivity index (χ1) is 12.8. The van der Waals surface area contributed by atoms with E-state index in [0.717, 1.165) is 29.9 Å². The van der Waals surface area contributed by atoms with Crippen LogP contribution in [-0.2, 0) is 10.0 Å². The van der Waals surface area contributed by atoms with Crippen LogP contribution in [-0.4, -0.2) is 35.6 Å². The lowest BCUT2D eigenvalue weighted by Gasteiger charge is -2.32. The number of hydrogen-bond donors (Lipinski definition) is 1. The molecule has 2 aliphatic rings. The Balaban J connectivity index is 1.92. The molecule has 3 heterocycles. The summed E-state index contributed by atoms with van der Waals surface area (Å²) in [5, 5.41) is 8.56. The zero-order chi connectivity index (χ0) is 19.3. The van der Waals surface area contributed by atoms with Crippen LogP contribution in [0.25, 0.3) is 0 Å². The van der Waals surface area contributed by atoms with Gasteiger partial charge < -0.3 is 5.32 Å². The molecule has 2 aromatic rings. The van der Waals surface area contributed by atoms with Gasteiger partial charge in [0.05, 0.1) is 15.7 Å². The third kappa shape index (κ3) is 3.16. The van der Waals surface area contributed by atoms with Crippen molar-refractivity contribution in [1.29, 1.82) is 0 Å². The van der Waals surface area contributed by atoms with Gasteiger partial charge in [-0.3, -0.25) is 0 Å². The van der Waals surface area contributed by atoms with Crippen LogP contribution < -0.4 is 5.32 Å². The van der Waals surface area contributed by atoms with E-state index in [1.165, 1.54) is 0 Å². The van der Waals surface area contributed by atoms with Gasteiger partial charge >= 0.3 is 0 Å². The average Bonchev–Trinajstić information content (AvgIpc) is 3.25. The Morgan fingerprint density at radius 2 is 1.81 bits per heavy atom. The molecule has 1 aromatic heterocycles. The largest absolute Gasteiger partial charge is 0.343 e. The van der Waals surface area contributed by atoms with Gasteiger partial charge in [0.15, 0.2) is 0 Å². The second kappa shape index (κ2) is 6.81. The Bertz CT molecular complexity index is 1040. The number of fused-ring (bicyclic) bond motifs is 1. The lowest BCUT2D eigenvalue weighted by atomic mass is 10.0. The number of anilines is 1. The standard InChI is InChI=1S/C18H20Cl2N4O2S/c1-11-9-16-21-12(2)18(27(25,26)23-7-3-4-8-23)17(24(16)22-11)13-5-6-14(19)15(20)10-13/h5-6,9-10,17,21H,3-4,7-8H2,1-2H3. The Labute approximate surface area is 168 Å². The summed E-state index contributed by atoms with van der Waals surface area (Å²) >= 11 is 12.3. The molecule has 1 unspecified atom stereocenters. The van der Waals surface area contributed by atoms with Gasteiger partial charge in [0, 0.05) is 24.9 Å². The smallest absolute Gasteiger partial charge is 0.243 e. The van der Waals surface area contributed by atoms with Gasteiger partial charge in [-0.2, -0.15) is 9.40 Å². The molecule has 144 valence electrons. The predicted molar refractivity (Wildman–Crippen MR) is 108 cm³/mol. The van der Waals surface area contributed by atoms with Gasteiger partial charge in [-0.15, -0.1) is 0 Å². The summed E-state index contributed by atoms with van der Waals surface area (Å²) in [4.78, 5) is 0.304. The van der Waals surface area contributed by atoms with E-state index in [1.807, 2.05) is 13.0 Å². The van der Waals surface area contributed by atoms with Crippen LogP contribution in [0.3, 0.4) is 0 Å². The molecule has 1 atom stereocenters. The Morgan fingerprint density at radius 1 is 1.11 bits per heavy atom. The number of aryl methyl sites for hydroxylation is 1. The maximum atomic E-state index is 13.5. The molecular formula is C18H20Cl2N4O2S. The number of nitrogens with zero attached hydrogens (tertiary/aromatic N) is 3. The normalized spacial score (nSPS) is 20.7. The molecule has 2 aliphatic heterocycles. The van der Waals surface area contributed by atoms with Gasteiger partial charge in [0.25, 0.3) is 0 Å². The van der Waals surface area contributed by atoms with Crippen molar-refractivity contribution in [3.05, 3.63) is 56.2 Å². The number of benzene rings is 1. The number of aromatic nitrogens is 2. The van der Waals surface area contributed by atoms with Crippen molar-refractivity contribution < 1.29 is 8.42 Å². The van der Waals surface area contributed by atoms with E-state index >= 15 is 0 Å². The molecule has 1 aromatic carbocycles. The molecule has 1 N–H and O–H groups in total. The summed E-state index contributed by atoms with van der Waals surface area (Å²) in [5.41, 5.74) is 2.13.